The highest BCUT2D eigenvalue weighted by Gasteiger charge is 2.36. The van der Waals surface area contributed by atoms with E-state index in [0.29, 0.717) is 11.3 Å². The first-order valence-electron chi connectivity index (χ1n) is 7.67. The van der Waals surface area contributed by atoms with Crippen LogP contribution in [0.25, 0.3) is 0 Å². The van der Waals surface area contributed by atoms with Crippen molar-refractivity contribution in [2.45, 2.75) is 52.4 Å². The summed E-state index contributed by atoms with van der Waals surface area (Å²) in [6.45, 7) is 8.77. The summed E-state index contributed by atoms with van der Waals surface area (Å²) in [4.78, 5) is 14.3. The molecule has 0 aliphatic carbocycles. The maximum Gasteiger partial charge on any atom is 0.222 e. The second kappa shape index (κ2) is 7.49. The van der Waals surface area contributed by atoms with Crippen molar-refractivity contribution in [1.29, 1.82) is 0 Å². The van der Waals surface area contributed by atoms with Crippen LogP contribution in [0.15, 0.2) is 0 Å². The van der Waals surface area contributed by atoms with Gasteiger partial charge in [-0.15, -0.1) is 12.4 Å². The average Bonchev–Trinajstić information content (AvgIpc) is 3.06. The number of halogens is 1. The molecule has 0 aromatic carbocycles. The Kier molecular flexibility index (Phi) is 6.61. The van der Waals surface area contributed by atoms with Crippen LogP contribution in [0.1, 0.15) is 52.4 Å². The quantitative estimate of drug-likeness (QED) is 0.844. The van der Waals surface area contributed by atoms with Crippen molar-refractivity contribution in [1.82, 2.24) is 10.2 Å². The Hall–Kier alpha value is -0.280. The third-order valence-corrected chi connectivity index (χ3v) is 5.22. The highest BCUT2D eigenvalue weighted by Crippen LogP contribution is 2.37. The first-order chi connectivity index (χ1) is 8.69. The molecule has 0 aromatic rings. The van der Waals surface area contributed by atoms with Crippen LogP contribution in [0.3, 0.4) is 0 Å². The van der Waals surface area contributed by atoms with E-state index in [0.717, 1.165) is 44.9 Å². The minimum Gasteiger partial charge on any atom is -0.342 e. The summed E-state index contributed by atoms with van der Waals surface area (Å²) in [5, 5.41) is 3.37. The third kappa shape index (κ3) is 4.09. The van der Waals surface area contributed by atoms with Crippen LogP contribution in [-0.2, 0) is 4.79 Å². The van der Waals surface area contributed by atoms with Crippen molar-refractivity contribution in [2.75, 3.05) is 26.2 Å². The Morgan fingerprint density at radius 3 is 2.63 bits per heavy atom. The molecule has 2 saturated heterocycles. The standard InChI is InChI=1S/C15H28N2O.ClH/c1-3-15(4-2)8-10-17(12-15)14(18)6-5-13-7-9-16-11-13;/h13,16H,3-12H2,1-2H3;1H. The van der Waals surface area contributed by atoms with Gasteiger partial charge in [-0.05, 0) is 56.5 Å². The molecule has 0 bridgehead atoms. The topological polar surface area (TPSA) is 32.3 Å². The number of hydrogen-bond donors (Lipinski definition) is 1. The van der Waals surface area contributed by atoms with Crippen molar-refractivity contribution in [3.63, 3.8) is 0 Å². The molecule has 19 heavy (non-hydrogen) atoms. The predicted molar refractivity (Wildman–Crippen MR) is 81.7 cm³/mol. The molecule has 0 radical (unpaired) electrons. The summed E-state index contributed by atoms with van der Waals surface area (Å²) >= 11 is 0. The molecule has 1 N–H and O–H groups in total. The fourth-order valence-corrected chi connectivity index (χ4v) is 3.42. The number of rotatable bonds is 5. The summed E-state index contributed by atoms with van der Waals surface area (Å²) < 4.78 is 0. The molecule has 0 aromatic heterocycles. The number of hydrogen-bond acceptors (Lipinski definition) is 2. The van der Waals surface area contributed by atoms with Gasteiger partial charge in [0.2, 0.25) is 5.91 Å². The van der Waals surface area contributed by atoms with E-state index in [-0.39, 0.29) is 12.4 Å². The monoisotopic (exact) mass is 288 g/mol. The molecule has 4 heteroatoms. The number of nitrogens with zero attached hydrogens (tertiary/aromatic N) is 1. The Labute approximate surface area is 123 Å². The number of carbonyl (C=O) groups is 1. The van der Waals surface area contributed by atoms with E-state index in [1.165, 1.54) is 25.7 Å². The summed E-state index contributed by atoms with van der Waals surface area (Å²) in [6, 6.07) is 0. The van der Waals surface area contributed by atoms with Gasteiger partial charge >= 0.3 is 0 Å². The van der Waals surface area contributed by atoms with E-state index in [2.05, 4.69) is 24.1 Å². The largest absolute Gasteiger partial charge is 0.342 e. The minimum absolute atomic E-state index is 0. The third-order valence-electron chi connectivity index (χ3n) is 5.22. The van der Waals surface area contributed by atoms with Gasteiger partial charge in [-0.2, -0.15) is 0 Å². The lowest BCUT2D eigenvalue weighted by molar-refractivity contribution is -0.130. The molecule has 1 unspecified atom stereocenters. The molecule has 1 atom stereocenters. The van der Waals surface area contributed by atoms with Gasteiger partial charge in [0.1, 0.15) is 0 Å². The van der Waals surface area contributed by atoms with Crippen molar-refractivity contribution < 1.29 is 4.79 Å². The first kappa shape index (κ1) is 16.8. The van der Waals surface area contributed by atoms with Crippen LogP contribution < -0.4 is 5.32 Å². The van der Waals surface area contributed by atoms with Crippen molar-refractivity contribution in [2.24, 2.45) is 11.3 Å². The Bertz CT molecular complexity index is 286. The summed E-state index contributed by atoms with van der Waals surface area (Å²) in [7, 11) is 0. The van der Waals surface area contributed by atoms with Gasteiger partial charge in [0, 0.05) is 19.5 Å². The van der Waals surface area contributed by atoms with Gasteiger partial charge in [0.15, 0.2) is 0 Å². The minimum atomic E-state index is 0. The number of amides is 1. The molecule has 3 nitrogen and oxygen atoms in total. The Morgan fingerprint density at radius 2 is 2.11 bits per heavy atom. The lowest BCUT2D eigenvalue weighted by Gasteiger charge is -2.26. The van der Waals surface area contributed by atoms with Crippen molar-refractivity contribution >= 4 is 18.3 Å². The highest BCUT2D eigenvalue weighted by atomic mass is 35.5. The van der Waals surface area contributed by atoms with E-state index in [1.54, 1.807) is 0 Å². The van der Waals surface area contributed by atoms with E-state index < -0.39 is 0 Å². The van der Waals surface area contributed by atoms with E-state index in [1.807, 2.05) is 0 Å². The normalized spacial score (nSPS) is 25.4. The molecular weight excluding hydrogens is 260 g/mol. The van der Waals surface area contributed by atoms with Gasteiger partial charge in [-0.3, -0.25) is 4.79 Å². The molecule has 0 spiro atoms. The number of likely N-dealkylation sites (tertiary alicyclic amines) is 1. The summed E-state index contributed by atoms with van der Waals surface area (Å²) in [5.74, 6) is 1.13. The zero-order valence-corrected chi connectivity index (χ0v) is 13.2. The maximum atomic E-state index is 12.2. The maximum absolute atomic E-state index is 12.2. The van der Waals surface area contributed by atoms with Crippen LogP contribution in [0.2, 0.25) is 0 Å². The second-order valence-electron chi connectivity index (χ2n) is 6.17. The average molecular weight is 289 g/mol. The lowest BCUT2D eigenvalue weighted by atomic mass is 9.82. The van der Waals surface area contributed by atoms with Crippen LogP contribution in [0.5, 0.6) is 0 Å². The Morgan fingerprint density at radius 1 is 1.37 bits per heavy atom. The first-order valence-corrected chi connectivity index (χ1v) is 7.67. The molecule has 2 aliphatic rings. The zero-order valence-electron chi connectivity index (χ0n) is 12.4. The highest BCUT2D eigenvalue weighted by molar-refractivity contribution is 5.85. The van der Waals surface area contributed by atoms with Gasteiger partial charge < -0.3 is 10.2 Å². The summed E-state index contributed by atoms with van der Waals surface area (Å²) in [6.07, 6.45) is 6.71. The molecule has 2 aliphatic heterocycles. The number of carbonyl (C=O) groups excluding carboxylic acids is 1. The lowest BCUT2D eigenvalue weighted by Crippen LogP contribution is -2.32. The van der Waals surface area contributed by atoms with Crippen LogP contribution in [-0.4, -0.2) is 37.0 Å². The Balaban J connectivity index is 0.00000180. The molecule has 2 fully saturated rings. The van der Waals surface area contributed by atoms with Crippen LogP contribution >= 0.6 is 12.4 Å². The predicted octanol–water partition coefficient (Wildman–Crippen LogP) is 2.84. The smallest absolute Gasteiger partial charge is 0.222 e. The van der Waals surface area contributed by atoms with E-state index in [9.17, 15) is 4.79 Å². The second-order valence-corrected chi connectivity index (χ2v) is 6.17. The van der Waals surface area contributed by atoms with Gasteiger partial charge in [0.25, 0.3) is 0 Å². The fraction of sp³-hybridized carbons (Fsp3) is 0.933. The molecule has 2 rings (SSSR count). The van der Waals surface area contributed by atoms with Crippen LogP contribution in [0.4, 0.5) is 0 Å². The van der Waals surface area contributed by atoms with E-state index >= 15 is 0 Å². The van der Waals surface area contributed by atoms with E-state index in [4.69, 9.17) is 0 Å². The van der Waals surface area contributed by atoms with Crippen molar-refractivity contribution in [3.05, 3.63) is 0 Å². The van der Waals surface area contributed by atoms with Gasteiger partial charge in [-0.25, -0.2) is 0 Å². The molecule has 112 valence electrons. The summed E-state index contributed by atoms with van der Waals surface area (Å²) in [5.41, 5.74) is 0.421. The fourth-order valence-electron chi connectivity index (χ4n) is 3.42. The molecule has 1 amide bonds. The van der Waals surface area contributed by atoms with Crippen molar-refractivity contribution in [3.8, 4) is 0 Å². The zero-order chi connectivity index (χ0) is 13.0. The molecule has 2 heterocycles. The van der Waals surface area contributed by atoms with Gasteiger partial charge in [0.05, 0.1) is 0 Å². The molecular formula is C15H29ClN2O. The molecule has 0 saturated carbocycles. The van der Waals surface area contributed by atoms with Gasteiger partial charge in [-0.1, -0.05) is 13.8 Å². The number of nitrogens with one attached hydrogen (secondary N) is 1. The van der Waals surface area contributed by atoms with Crippen LogP contribution in [0, 0.1) is 11.3 Å². The SMILES string of the molecule is CCC1(CC)CCN(C(=O)CCC2CCNC2)C1.Cl.